The van der Waals surface area contributed by atoms with Gasteiger partial charge in [0.05, 0.1) is 17.6 Å². The number of benzene rings is 1. The molecule has 0 saturated carbocycles. The minimum atomic E-state index is -3.97. The Labute approximate surface area is 135 Å². The minimum Gasteiger partial charge on any atom is -0.494 e. The highest BCUT2D eigenvalue weighted by Crippen LogP contribution is 2.27. The van der Waals surface area contributed by atoms with Crippen molar-refractivity contribution >= 4 is 16.0 Å². The summed E-state index contributed by atoms with van der Waals surface area (Å²) in [7, 11) is -3.97. The molecule has 23 heavy (non-hydrogen) atoms. The Morgan fingerprint density at radius 1 is 1.35 bits per heavy atom. The van der Waals surface area contributed by atoms with Crippen molar-refractivity contribution in [3.63, 3.8) is 0 Å². The Bertz CT molecular complexity index is 642. The van der Waals surface area contributed by atoms with Crippen molar-refractivity contribution in [1.29, 1.82) is 0 Å². The Morgan fingerprint density at radius 3 is 2.57 bits per heavy atom. The number of aliphatic hydroxyl groups is 1. The van der Waals surface area contributed by atoms with Gasteiger partial charge in [-0.3, -0.25) is 4.79 Å². The minimum absolute atomic E-state index is 0.0132. The van der Waals surface area contributed by atoms with E-state index >= 15 is 0 Å². The summed E-state index contributed by atoms with van der Waals surface area (Å²) in [6, 6.07) is 4.63. The summed E-state index contributed by atoms with van der Waals surface area (Å²) in [5, 5.41) is 18.7. The van der Waals surface area contributed by atoms with E-state index in [9.17, 15) is 18.3 Å². The van der Waals surface area contributed by atoms with Crippen molar-refractivity contribution in [3.8, 4) is 5.75 Å². The predicted molar refractivity (Wildman–Crippen MR) is 82.8 cm³/mol. The molecule has 0 amide bonds. The van der Waals surface area contributed by atoms with Crippen LogP contribution in [0.1, 0.15) is 26.2 Å². The van der Waals surface area contributed by atoms with Gasteiger partial charge in [-0.15, -0.1) is 0 Å². The summed E-state index contributed by atoms with van der Waals surface area (Å²) in [4.78, 5) is 11.2. The highest BCUT2D eigenvalue weighted by atomic mass is 32.2. The molecule has 0 bridgehead atoms. The maximum atomic E-state index is 12.6. The van der Waals surface area contributed by atoms with Crippen molar-refractivity contribution < 1.29 is 28.2 Å². The van der Waals surface area contributed by atoms with E-state index in [0.717, 1.165) is 17.1 Å². The van der Waals surface area contributed by atoms with Gasteiger partial charge in [0.15, 0.2) is 0 Å². The number of nitrogens with zero attached hydrogens (tertiary/aromatic N) is 1. The Balaban J connectivity index is 2.17. The van der Waals surface area contributed by atoms with Crippen LogP contribution >= 0.6 is 0 Å². The first-order valence-electron chi connectivity index (χ1n) is 7.52. The zero-order valence-corrected chi connectivity index (χ0v) is 13.7. The third kappa shape index (κ3) is 4.01. The maximum absolute atomic E-state index is 12.6. The molecule has 1 aliphatic rings. The number of carboxylic acids is 1. The maximum Gasteiger partial charge on any atom is 0.322 e. The van der Waals surface area contributed by atoms with Crippen LogP contribution in [0.25, 0.3) is 0 Å². The first-order chi connectivity index (χ1) is 10.9. The van der Waals surface area contributed by atoms with Crippen molar-refractivity contribution in [2.24, 2.45) is 0 Å². The molecule has 1 saturated heterocycles. The largest absolute Gasteiger partial charge is 0.494 e. The summed E-state index contributed by atoms with van der Waals surface area (Å²) in [6.07, 6.45) is 0.835. The van der Waals surface area contributed by atoms with Crippen molar-refractivity contribution in [1.82, 2.24) is 4.31 Å². The SMILES string of the molecule is CCCCOc1ccc(S(=O)(=O)N2C[C@H](O)CC2C(=O)O)cc1. The Morgan fingerprint density at radius 2 is 2.00 bits per heavy atom. The average molecular weight is 343 g/mol. The summed E-state index contributed by atoms with van der Waals surface area (Å²) in [6.45, 7) is 2.39. The van der Waals surface area contributed by atoms with Crippen LogP contribution < -0.4 is 4.74 Å². The van der Waals surface area contributed by atoms with E-state index in [0.29, 0.717) is 12.4 Å². The van der Waals surface area contributed by atoms with Crippen LogP contribution in [0.5, 0.6) is 5.75 Å². The molecule has 1 aromatic carbocycles. The fourth-order valence-electron chi connectivity index (χ4n) is 2.45. The number of β-amino-alcohol motifs (C(OH)–C–C–N with tert-alkyl or cyclic N) is 1. The van der Waals surface area contributed by atoms with Gasteiger partial charge in [0.1, 0.15) is 11.8 Å². The van der Waals surface area contributed by atoms with Crippen LogP contribution in [0.3, 0.4) is 0 Å². The third-order valence-electron chi connectivity index (χ3n) is 3.72. The average Bonchev–Trinajstić information content (AvgIpc) is 2.91. The van der Waals surface area contributed by atoms with Crippen LogP contribution in [-0.4, -0.2) is 54.2 Å². The molecule has 0 radical (unpaired) electrons. The molecule has 1 fully saturated rings. The second kappa shape index (κ2) is 7.29. The summed E-state index contributed by atoms with van der Waals surface area (Å²) in [5.41, 5.74) is 0. The van der Waals surface area contributed by atoms with E-state index in [2.05, 4.69) is 0 Å². The molecule has 1 unspecified atom stereocenters. The lowest BCUT2D eigenvalue weighted by atomic mass is 10.2. The molecule has 2 rings (SSSR count). The lowest BCUT2D eigenvalue weighted by Crippen LogP contribution is -2.40. The number of aliphatic hydroxyl groups excluding tert-OH is 1. The molecular formula is C15H21NO6S. The van der Waals surface area contributed by atoms with Gasteiger partial charge < -0.3 is 14.9 Å². The number of hydrogen-bond acceptors (Lipinski definition) is 5. The fraction of sp³-hybridized carbons (Fsp3) is 0.533. The first kappa shape index (κ1) is 17.7. The molecule has 1 heterocycles. The van der Waals surface area contributed by atoms with Gasteiger partial charge in [0.2, 0.25) is 10.0 Å². The van der Waals surface area contributed by atoms with E-state index in [1.54, 1.807) is 12.1 Å². The molecule has 0 spiro atoms. The van der Waals surface area contributed by atoms with E-state index in [4.69, 9.17) is 9.84 Å². The Hall–Kier alpha value is -1.64. The van der Waals surface area contributed by atoms with Gasteiger partial charge in [0, 0.05) is 13.0 Å². The van der Waals surface area contributed by atoms with Crippen LogP contribution in [0, 0.1) is 0 Å². The number of aliphatic carboxylic acids is 1. The molecule has 1 aliphatic heterocycles. The molecule has 1 aromatic rings. The highest BCUT2D eigenvalue weighted by Gasteiger charge is 2.43. The van der Waals surface area contributed by atoms with Gasteiger partial charge >= 0.3 is 5.97 Å². The lowest BCUT2D eigenvalue weighted by molar-refractivity contribution is -0.140. The molecule has 2 atom stereocenters. The van der Waals surface area contributed by atoms with E-state index in [1.165, 1.54) is 12.1 Å². The summed E-state index contributed by atoms with van der Waals surface area (Å²) >= 11 is 0. The van der Waals surface area contributed by atoms with E-state index < -0.39 is 28.1 Å². The molecule has 128 valence electrons. The number of rotatable bonds is 7. The number of carboxylic acid groups (broad SMARTS) is 1. The van der Waals surface area contributed by atoms with Gasteiger partial charge in [-0.05, 0) is 30.7 Å². The zero-order chi connectivity index (χ0) is 17.0. The van der Waals surface area contributed by atoms with Crippen molar-refractivity contribution in [3.05, 3.63) is 24.3 Å². The van der Waals surface area contributed by atoms with E-state index in [1.807, 2.05) is 6.92 Å². The molecule has 7 nitrogen and oxygen atoms in total. The fourth-order valence-corrected chi connectivity index (χ4v) is 4.08. The van der Waals surface area contributed by atoms with Crippen LogP contribution in [0.2, 0.25) is 0 Å². The lowest BCUT2D eigenvalue weighted by Gasteiger charge is -2.20. The predicted octanol–water partition coefficient (Wildman–Crippen LogP) is 1.07. The van der Waals surface area contributed by atoms with Crippen molar-refractivity contribution in [2.75, 3.05) is 13.2 Å². The molecule has 0 aromatic heterocycles. The monoisotopic (exact) mass is 343 g/mol. The smallest absolute Gasteiger partial charge is 0.322 e. The second-order valence-corrected chi connectivity index (χ2v) is 7.38. The van der Waals surface area contributed by atoms with Gasteiger partial charge in [-0.1, -0.05) is 13.3 Å². The number of carbonyl (C=O) groups is 1. The number of hydrogen-bond donors (Lipinski definition) is 2. The Kier molecular flexibility index (Phi) is 5.61. The third-order valence-corrected chi connectivity index (χ3v) is 5.60. The quantitative estimate of drug-likeness (QED) is 0.718. The summed E-state index contributed by atoms with van der Waals surface area (Å²) in [5.74, 6) is -0.696. The van der Waals surface area contributed by atoms with Crippen LogP contribution in [-0.2, 0) is 14.8 Å². The first-order valence-corrected chi connectivity index (χ1v) is 8.96. The molecule has 2 N–H and O–H groups in total. The standard InChI is InChI=1S/C15H21NO6S/c1-2-3-8-22-12-4-6-13(7-5-12)23(20,21)16-10-11(17)9-14(16)15(18)19/h4-7,11,14,17H,2-3,8-10H2,1H3,(H,18,19)/t11-,14?/m1/s1. The van der Waals surface area contributed by atoms with Crippen LogP contribution in [0.15, 0.2) is 29.2 Å². The molecule has 8 heteroatoms. The molecular weight excluding hydrogens is 322 g/mol. The number of unbranched alkanes of at least 4 members (excludes halogenated alkanes) is 1. The van der Waals surface area contributed by atoms with Gasteiger partial charge in [-0.2, -0.15) is 4.31 Å². The van der Waals surface area contributed by atoms with Gasteiger partial charge in [0.25, 0.3) is 0 Å². The topological polar surface area (TPSA) is 104 Å². The summed E-state index contributed by atoms with van der Waals surface area (Å²) < 4.78 is 31.5. The second-order valence-electron chi connectivity index (χ2n) is 5.49. The van der Waals surface area contributed by atoms with E-state index in [-0.39, 0.29) is 17.9 Å². The number of sulfonamides is 1. The van der Waals surface area contributed by atoms with Crippen molar-refractivity contribution in [2.45, 2.75) is 43.2 Å². The zero-order valence-electron chi connectivity index (χ0n) is 12.9. The highest BCUT2D eigenvalue weighted by molar-refractivity contribution is 7.89. The van der Waals surface area contributed by atoms with Crippen LogP contribution in [0.4, 0.5) is 0 Å². The number of ether oxygens (including phenoxy) is 1. The molecule has 0 aliphatic carbocycles. The van der Waals surface area contributed by atoms with Gasteiger partial charge in [-0.25, -0.2) is 8.42 Å². The normalized spacial score (nSPS) is 22.2.